The first-order valence-corrected chi connectivity index (χ1v) is 25.0. The summed E-state index contributed by atoms with van der Waals surface area (Å²) in [4.78, 5) is 9.91. The van der Waals surface area contributed by atoms with Crippen LogP contribution in [0.15, 0.2) is 70.6 Å². The maximum atomic E-state index is 10.1. The average molecular weight is 950 g/mol. The molecule has 6 N–H and O–H groups in total. The van der Waals surface area contributed by atoms with Crippen LogP contribution in [-0.2, 0) is 55.0 Å². The van der Waals surface area contributed by atoms with Crippen molar-refractivity contribution in [3.63, 3.8) is 0 Å². The van der Waals surface area contributed by atoms with E-state index < -0.39 is 24.9 Å². The Balaban J connectivity index is 0.000000494. The van der Waals surface area contributed by atoms with E-state index in [1.165, 1.54) is 105 Å². The fraction of sp³-hybridized carbons (Fsp3) is 0.544. The van der Waals surface area contributed by atoms with Gasteiger partial charge in [-0.2, -0.15) is 0 Å². The van der Waals surface area contributed by atoms with Gasteiger partial charge in [-0.25, -0.2) is 4.99 Å². The van der Waals surface area contributed by atoms with E-state index in [-0.39, 0.29) is 34.4 Å². The van der Waals surface area contributed by atoms with Gasteiger partial charge in [-0.1, -0.05) is 123 Å². The maximum absolute atomic E-state index is 10.1. The van der Waals surface area contributed by atoms with Crippen LogP contribution in [0.3, 0.4) is 0 Å². The van der Waals surface area contributed by atoms with Crippen molar-refractivity contribution in [2.45, 2.75) is 195 Å². The Morgan fingerprint density at radius 1 is 0.530 bits per heavy atom. The molecule has 0 aliphatic carbocycles. The molecule has 9 heteroatoms. The van der Waals surface area contributed by atoms with E-state index in [9.17, 15) is 25.5 Å². The molecule has 366 valence electrons. The fourth-order valence-electron chi connectivity index (χ4n) is 7.92. The number of hydrogen-bond acceptors (Lipinski definition) is 8. The van der Waals surface area contributed by atoms with Crippen LogP contribution < -0.4 is 0 Å². The quantitative estimate of drug-likeness (QED) is 0.0115. The minimum atomic E-state index is -1.48. The number of nitrogens with zero attached hydrogens (tertiary/aromatic N) is 2. The zero-order valence-electron chi connectivity index (χ0n) is 41.0. The number of phenolic OH excluding ortho intramolecular Hbond substituents is 2. The van der Waals surface area contributed by atoms with E-state index in [0.717, 1.165) is 85.8 Å². The van der Waals surface area contributed by atoms with Gasteiger partial charge in [0.05, 0.1) is 30.3 Å². The number of aliphatic hydroxyl groups excluding tert-OH is 4. The van der Waals surface area contributed by atoms with Gasteiger partial charge >= 0.3 is 0 Å². The molecule has 4 aromatic carbocycles. The van der Waals surface area contributed by atoms with Crippen molar-refractivity contribution in [1.82, 2.24) is 0 Å². The van der Waals surface area contributed by atoms with Crippen molar-refractivity contribution in [3.8, 4) is 23.3 Å². The smallest absolute Gasteiger partial charge is 0.158 e. The van der Waals surface area contributed by atoms with Crippen molar-refractivity contribution in [3.05, 3.63) is 94.0 Å². The molecule has 0 aliphatic rings. The number of aromatic hydroxyl groups is 2. The second kappa shape index (κ2) is 33.4. The minimum absolute atomic E-state index is 0. The third kappa shape index (κ3) is 20.1. The zero-order chi connectivity index (χ0) is 47.4. The number of phenols is 2. The van der Waals surface area contributed by atoms with Gasteiger partial charge in [-0.05, 0) is 157 Å². The molecule has 66 heavy (non-hydrogen) atoms. The molecule has 0 radical (unpaired) electrons. The Hall–Kier alpha value is -4.03. The third-order valence-corrected chi connectivity index (χ3v) is 12.0. The second-order valence-corrected chi connectivity index (χ2v) is 17.6. The molecule has 0 spiro atoms. The Morgan fingerprint density at radius 2 is 0.985 bits per heavy atom. The second-order valence-electron chi connectivity index (χ2n) is 17.6. The molecule has 4 rings (SSSR count). The molecule has 0 aromatic heterocycles. The van der Waals surface area contributed by atoms with Crippen molar-refractivity contribution in [2.24, 2.45) is 9.98 Å². The molecule has 0 aliphatic heterocycles. The molecule has 4 aromatic rings. The number of aryl methyl sites for hydroxylation is 5. The molecular weight excluding hydrogens is 867 g/mol. The standard InChI is InChI=1S/C38H56N2.C19H26O6.Ni/c1-6-11-16-17-18-19-24-38(40-37-28-26-33(21-13-8-3)35(30-37)23-15-10-5)31-39-36-27-25-32(20-12-7-2)34(29-36)22-14-9-4;1-2-3-4-11-5-6-12(7-17(23)19(25)18(24)10-20)14-9-16(22)15(21)8-13(11)14;/h25-31H,6-18,20-23H2,1-5H3;5-6,8-9,17-25H,2-4,7,10H2,1H3;. The molecule has 0 saturated carbocycles. The molecule has 0 bridgehead atoms. The normalized spacial score (nSPS) is 12.8. The summed E-state index contributed by atoms with van der Waals surface area (Å²) < 4.78 is 0. The summed E-state index contributed by atoms with van der Waals surface area (Å²) in [5, 5.41) is 59.5. The number of hydrogen-bond donors (Lipinski definition) is 6. The number of fused-ring (bicyclic) bond motifs is 1. The number of benzene rings is 4. The summed E-state index contributed by atoms with van der Waals surface area (Å²) >= 11 is 0. The Bertz CT molecular complexity index is 2120. The van der Waals surface area contributed by atoms with Gasteiger partial charge in [0, 0.05) is 29.3 Å². The summed E-state index contributed by atoms with van der Waals surface area (Å²) in [6, 6.07) is 20.2. The summed E-state index contributed by atoms with van der Waals surface area (Å²) in [6.45, 7) is 12.8. The van der Waals surface area contributed by atoms with Crippen LogP contribution in [0.5, 0.6) is 11.5 Å². The zero-order valence-corrected chi connectivity index (χ0v) is 42.0. The SMILES string of the molecule is CCCCCCC#CC(C=Nc1ccc(CCCC)c(CCCC)c1)=Nc1ccc(CCCC)c(CCCC)c1.CCCCc1ccc(CC(O)C(O)C(O)CO)c2cc(O)c(O)cc12.[Ni]. The van der Waals surface area contributed by atoms with Gasteiger partial charge in [-0.3, -0.25) is 4.99 Å². The van der Waals surface area contributed by atoms with Crippen LogP contribution in [-0.4, -0.2) is 67.5 Å². The molecule has 0 saturated heterocycles. The van der Waals surface area contributed by atoms with Crippen LogP contribution in [0, 0.1) is 11.8 Å². The van der Waals surface area contributed by atoms with Crippen LogP contribution in [0.1, 0.15) is 171 Å². The maximum Gasteiger partial charge on any atom is 0.158 e. The van der Waals surface area contributed by atoms with E-state index in [1.54, 1.807) is 0 Å². The molecule has 0 fully saturated rings. The number of rotatable bonds is 27. The van der Waals surface area contributed by atoms with E-state index in [2.05, 4.69) is 89.8 Å². The van der Waals surface area contributed by atoms with Crippen molar-refractivity contribution in [1.29, 1.82) is 0 Å². The van der Waals surface area contributed by atoms with E-state index in [4.69, 9.17) is 15.1 Å². The van der Waals surface area contributed by atoms with Crippen molar-refractivity contribution in [2.75, 3.05) is 6.61 Å². The van der Waals surface area contributed by atoms with Crippen molar-refractivity contribution < 1.29 is 47.1 Å². The van der Waals surface area contributed by atoms with Crippen LogP contribution in [0.4, 0.5) is 11.4 Å². The first-order chi connectivity index (χ1) is 31.5. The first-order valence-electron chi connectivity index (χ1n) is 25.0. The Morgan fingerprint density at radius 3 is 1.52 bits per heavy atom. The van der Waals surface area contributed by atoms with Gasteiger partial charge < -0.3 is 30.6 Å². The van der Waals surface area contributed by atoms with Crippen LogP contribution in [0.2, 0.25) is 0 Å². The number of unbranched alkanes of at least 4 members (excludes halogenated alkanes) is 9. The molecule has 8 nitrogen and oxygen atoms in total. The number of aliphatic imine (C=N–C) groups is 2. The monoisotopic (exact) mass is 949 g/mol. The van der Waals surface area contributed by atoms with Crippen molar-refractivity contribution >= 4 is 34.1 Å². The largest absolute Gasteiger partial charge is 0.504 e. The van der Waals surface area contributed by atoms with E-state index in [1.807, 2.05) is 18.3 Å². The predicted molar refractivity (Wildman–Crippen MR) is 274 cm³/mol. The molecular formula is C57H82N2NiO6. The first kappa shape index (κ1) is 58.1. The molecule has 0 heterocycles. The van der Waals surface area contributed by atoms with Crippen LogP contribution >= 0.6 is 0 Å². The van der Waals surface area contributed by atoms with Gasteiger partial charge in [-0.15, -0.1) is 0 Å². The summed E-state index contributed by atoms with van der Waals surface area (Å²) in [5.41, 5.74) is 10.3. The summed E-state index contributed by atoms with van der Waals surface area (Å²) in [7, 11) is 0. The summed E-state index contributed by atoms with van der Waals surface area (Å²) in [5.74, 6) is 6.29. The van der Waals surface area contributed by atoms with Gasteiger partial charge in [0.25, 0.3) is 0 Å². The fourth-order valence-corrected chi connectivity index (χ4v) is 7.92. The average Bonchev–Trinajstić information content (AvgIpc) is 3.31. The number of aliphatic hydroxyl groups is 4. The molecule has 3 atom stereocenters. The molecule has 0 amide bonds. The van der Waals surface area contributed by atoms with E-state index >= 15 is 0 Å². The van der Waals surface area contributed by atoms with Gasteiger partial charge in [0.1, 0.15) is 17.9 Å². The molecule has 3 unspecified atom stereocenters. The van der Waals surface area contributed by atoms with Gasteiger partial charge in [0.2, 0.25) is 0 Å². The van der Waals surface area contributed by atoms with Crippen LogP contribution in [0.25, 0.3) is 10.8 Å². The predicted octanol–water partition coefficient (Wildman–Crippen LogP) is 12.7. The Kier molecular flexibility index (Phi) is 29.4. The minimum Gasteiger partial charge on any atom is -0.504 e. The Labute approximate surface area is 408 Å². The third-order valence-electron chi connectivity index (χ3n) is 12.0. The van der Waals surface area contributed by atoms with Gasteiger partial charge in [0.15, 0.2) is 11.5 Å². The summed E-state index contributed by atoms with van der Waals surface area (Å²) in [6.07, 6.45) is 20.8. The topological polar surface area (TPSA) is 146 Å². The van der Waals surface area contributed by atoms with E-state index in [0.29, 0.717) is 10.9 Å².